The number of nitrogens with zero attached hydrogens (tertiary/aromatic N) is 1. The highest BCUT2D eigenvalue weighted by atomic mass is 32.1. The second-order valence-electron chi connectivity index (χ2n) is 3.93. The molecule has 1 heterocycles. The summed E-state index contributed by atoms with van der Waals surface area (Å²) in [5, 5.41) is 6.58. The molecule has 92 valence electrons. The quantitative estimate of drug-likeness (QED) is 0.712. The number of hydrogen-bond acceptors (Lipinski definition) is 4. The third-order valence-electron chi connectivity index (χ3n) is 2.35. The predicted octanol–water partition coefficient (Wildman–Crippen LogP) is 2.78. The van der Waals surface area contributed by atoms with Gasteiger partial charge in [0.25, 0.3) is 0 Å². The van der Waals surface area contributed by atoms with Crippen LogP contribution in [0.5, 0.6) is 0 Å². The lowest BCUT2D eigenvalue weighted by atomic mass is 10.1. The van der Waals surface area contributed by atoms with Crippen molar-refractivity contribution in [2.75, 3.05) is 19.7 Å². The van der Waals surface area contributed by atoms with E-state index in [1.807, 2.05) is 0 Å². The van der Waals surface area contributed by atoms with Crippen LogP contribution in [0.25, 0.3) is 0 Å². The van der Waals surface area contributed by atoms with Crippen molar-refractivity contribution in [2.45, 2.75) is 39.7 Å². The summed E-state index contributed by atoms with van der Waals surface area (Å²) in [5.74, 6) is 0.483. The summed E-state index contributed by atoms with van der Waals surface area (Å²) in [5.41, 5.74) is 1.18. The molecule has 0 radical (unpaired) electrons. The number of ether oxygens (including phenoxy) is 1. The summed E-state index contributed by atoms with van der Waals surface area (Å²) in [6, 6.07) is 0. The molecule has 0 amide bonds. The van der Waals surface area contributed by atoms with Crippen molar-refractivity contribution in [1.29, 1.82) is 0 Å². The molecule has 0 aliphatic carbocycles. The summed E-state index contributed by atoms with van der Waals surface area (Å²) in [4.78, 5) is 4.59. The lowest BCUT2D eigenvalue weighted by Gasteiger charge is -2.08. The first-order valence-corrected chi connectivity index (χ1v) is 6.88. The maximum atomic E-state index is 5.48. The van der Waals surface area contributed by atoms with Gasteiger partial charge in [-0.3, -0.25) is 0 Å². The normalized spacial score (nSPS) is 12.9. The van der Waals surface area contributed by atoms with Crippen LogP contribution in [-0.4, -0.2) is 24.7 Å². The molecule has 0 saturated heterocycles. The Bertz CT molecular complexity index is 288. The van der Waals surface area contributed by atoms with Crippen LogP contribution in [0.2, 0.25) is 0 Å². The van der Waals surface area contributed by atoms with Crippen LogP contribution in [0.15, 0.2) is 5.38 Å². The van der Waals surface area contributed by atoms with E-state index >= 15 is 0 Å². The first-order valence-electron chi connectivity index (χ1n) is 6.00. The Kier molecular flexibility index (Phi) is 6.61. The van der Waals surface area contributed by atoms with Gasteiger partial charge in [-0.15, -0.1) is 11.3 Å². The largest absolute Gasteiger partial charge is 0.374 e. The van der Waals surface area contributed by atoms with E-state index < -0.39 is 0 Å². The van der Waals surface area contributed by atoms with Gasteiger partial charge in [0.1, 0.15) is 5.01 Å². The standard InChI is InChI=1S/C12H22N2OS/c1-4-6-15-8-12-14-11(9-16-12)10(3)7-13-5-2/h9-10,13H,4-8H2,1-3H3. The summed E-state index contributed by atoms with van der Waals surface area (Å²) in [6.07, 6.45) is 1.06. The first kappa shape index (κ1) is 13.6. The van der Waals surface area contributed by atoms with Gasteiger partial charge in [-0.05, 0) is 13.0 Å². The van der Waals surface area contributed by atoms with Crippen molar-refractivity contribution < 1.29 is 4.74 Å². The maximum Gasteiger partial charge on any atom is 0.119 e. The average molecular weight is 242 g/mol. The van der Waals surface area contributed by atoms with Crippen molar-refractivity contribution in [2.24, 2.45) is 0 Å². The number of aromatic nitrogens is 1. The SMILES string of the molecule is CCCOCc1nc(C(C)CNCC)cs1. The van der Waals surface area contributed by atoms with Crippen molar-refractivity contribution >= 4 is 11.3 Å². The van der Waals surface area contributed by atoms with Gasteiger partial charge in [0, 0.05) is 24.4 Å². The second kappa shape index (κ2) is 7.76. The Morgan fingerprint density at radius 2 is 2.31 bits per heavy atom. The van der Waals surface area contributed by atoms with E-state index in [0.29, 0.717) is 12.5 Å². The van der Waals surface area contributed by atoms with Crippen LogP contribution < -0.4 is 5.32 Å². The molecule has 0 fully saturated rings. The summed E-state index contributed by atoms with van der Waals surface area (Å²) < 4.78 is 5.48. The Balaban J connectivity index is 2.37. The van der Waals surface area contributed by atoms with E-state index in [0.717, 1.165) is 31.1 Å². The highest BCUT2D eigenvalue weighted by Gasteiger charge is 2.09. The van der Waals surface area contributed by atoms with Gasteiger partial charge < -0.3 is 10.1 Å². The number of hydrogen-bond donors (Lipinski definition) is 1. The van der Waals surface area contributed by atoms with E-state index in [9.17, 15) is 0 Å². The fourth-order valence-electron chi connectivity index (χ4n) is 1.39. The molecule has 1 rings (SSSR count). The predicted molar refractivity (Wildman–Crippen MR) is 69.0 cm³/mol. The van der Waals surface area contributed by atoms with Gasteiger partial charge >= 0.3 is 0 Å². The topological polar surface area (TPSA) is 34.1 Å². The molecule has 1 unspecified atom stereocenters. The summed E-state index contributed by atoms with van der Waals surface area (Å²) in [6.45, 7) is 9.93. The fraction of sp³-hybridized carbons (Fsp3) is 0.750. The fourth-order valence-corrected chi connectivity index (χ4v) is 2.24. The Labute approximate surface area is 102 Å². The minimum Gasteiger partial charge on any atom is -0.374 e. The second-order valence-corrected chi connectivity index (χ2v) is 4.87. The van der Waals surface area contributed by atoms with E-state index in [1.165, 1.54) is 5.69 Å². The van der Waals surface area contributed by atoms with Crippen molar-refractivity contribution in [1.82, 2.24) is 10.3 Å². The smallest absolute Gasteiger partial charge is 0.119 e. The molecular weight excluding hydrogens is 220 g/mol. The van der Waals surface area contributed by atoms with E-state index in [4.69, 9.17) is 4.74 Å². The zero-order valence-electron chi connectivity index (χ0n) is 10.5. The molecule has 16 heavy (non-hydrogen) atoms. The molecule has 1 N–H and O–H groups in total. The highest BCUT2D eigenvalue weighted by molar-refractivity contribution is 7.09. The molecule has 0 aliphatic rings. The number of thiazole rings is 1. The van der Waals surface area contributed by atoms with E-state index in [1.54, 1.807) is 11.3 Å². The Morgan fingerprint density at radius 3 is 3.00 bits per heavy atom. The first-order chi connectivity index (χ1) is 7.77. The minimum absolute atomic E-state index is 0.483. The molecule has 0 bridgehead atoms. The third kappa shape index (κ3) is 4.60. The summed E-state index contributed by atoms with van der Waals surface area (Å²) in [7, 11) is 0. The molecule has 0 aromatic carbocycles. The molecule has 0 spiro atoms. The highest BCUT2D eigenvalue weighted by Crippen LogP contribution is 2.18. The van der Waals surface area contributed by atoms with Gasteiger partial charge in [0.2, 0.25) is 0 Å². The lowest BCUT2D eigenvalue weighted by molar-refractivity contribution is 0.121. The van der Waals surface area contributed by atoms with Crippen molar-refractivity contribution in [3.63, 3.8) is 0 Å². The van der Waals surface area contributed by atoms with Gasteiger partial charge in [0.05, 0.1) is 12.3 Å². The van der Waals surface area contributed by atoms with Gasteiger partial charge in [-0.2, -0.15) is 0 Å². The maximum absolute atomic E-state index is 5.48. The molecule has 0 saturated carbocycles. The van der Waals surface area contributed by atoms with Crippen LogP contribution in [0.4, 0.5) is 0 Å². The lowest BCUT2D eigenvalue weighted by Crippen LogP contribution is -2.19. The molecule has 0 aliphatic heterocycles. The van der Waals surface area contributed by atoms with Crippen LogP contribution in [0, 0.1) is 0 Å². The van der Waals surface area contributed by atoms with Gasteiger partial charge in [-0.25, -0.2) is 4.98 Å². The molecular formula is C12H22N2OS. The number of nitrogens with one attached hydrogen (secondary N) is 1. The molecule has 1 aromatic rings. The number of rotatable bonds is 8. The van der Waals surface area contributed by atoms with Gasteiger partial charge in [-0.1, -0.05) is 20.8 Å². The van der Waals surface area contributed by atoms with Crippen molar-refractivity contribution in [3.05, 3.63) is 16.1 Å². The van der Waals surface area contributed by atoms with Crippen molar-refractivity contribution in [3.8, 4) is 0 Å². The zero-order chi connectivity index (χ0) is 11.8. The molecule has 1 atom stereocenters. The molecule has 3 nitrogen and oxygen atoms in total. The molecule has 1 aromatic heterocycles. The third-order valence-corrected chi connectivity index (χ3v) is 3.19. The van der Waals surface area contributed by atoms with Gasteiger partial charge in [0.15, 0.2) is 0 Å². The molecule has 4 heteroatoms. The average Bonchev–Trinajstić information content (AvgIpc) is 2.75. The van der Waals surface area contributed by atoms with E-state index in [-0.39, 0.29) is 0 Å². The monoisotopic (exact) mass is 242 g/mol. The van der Waals surface area contributed by atoms with Crippen LogP contribution in [0.1, 0.15) is 43.8 Å². The van der Waals surface area contributed by atoms with Crippen LogP contribution in [0.3, 0.4) is 0 Å². The Hall–Kier alpha value is -0.450. The summed E-state index contributed by atoms with van der Waals surface area (Å²) >= 11 is 1.70. The Morgan fingerprint density at radius 1 is 1.50 bits per heavy atom. The van der Waals surface area contributed by atoms with E-state index in [2.05, 4.69) is 36.5 Å². The van der Waals surface area contributed by atoms with Crippen LogP contribution in [-0.2, 0) is 11.3 Å². The minimum atomic E-state index is 0.483. The number of likely N-dealkylation sites (N-methyl/N-ethyl adjacent to an activating group) is 1. The van der Waals surface area contributed by atoms with Crippen LogP contribution >= 0.6 is 11.3 Å². The zero-order valence-corrected chi connectivity index (χ0v) is 11.3.